The van der Waals surface area contributed by atoms with Gasteiger partial charge in [0.05, 0.1) is 15.5 Å². The van der Waals surface area contributed by atoms with Gasteiger partial charge in [-0.15, -0.1) is 0 Å². The minimum absolute atomic E-state index is 0.0278. The molecule has 0 saturated heterocycles. The van der Waals surface area contributed by atoms with Crippen molar-refractivity contribution in [3.8, 4) is 0 Å². The van der Waals surface area contributed by atoms with E-state index in [4.69, 9.17) is 16.7 Å². The number of carbonyl (C=O) groups is 1. The summed E-state index contributed by atoms with van der Waals surface area (Å²) >= 11 is 8.95. The van der Waals surface area contributed by atoms with Gasteiger partial charge in [-0.3, -0.25) is 0 Å². The lowest BCUT2D eigenvalue weighted by Crippen LogP contribution is -2.34. The molecule has 0 aromatic heterocycles. The van der Waals surface area contributed by atoms with Crippen LogP contribution in [0.5, 0.6) is 0 Å². The lowest BCUT2D eigenvalue weighted by molar-refractivity contribution is 0.0696. The highest BCUT2D eigenvalue weighted by atomic mass is 79.9. The molecule has 0 radical (unpaired) electrons. The van der Waals surface area contributed by atoms with E-state index in [2.05, 4.69) is 15.9 Å². The normalized spacial score (nSPS) is 12.7. The molecule has 0 unspecified atom stereocenters. The molecule has 0 aliphatic heterocycles. The molecule has 1 aromatic rings. The molecule has 0 amide bonds. The van der Waals surface area contributed by atoms with E-state index in [1.165, 1.54) is 17.4 Å². The number of aromatic carboxylic acids is 1. The average Bonchev–Trinajstić information content (AvgIpc) is 2.29. The fraction of sp³-hybridized carbons (Fsp3) is 0.462. The summed E-state index contributed by atoms with van der Waals surface area (Å²) in [6, 6.07) is 2.38. The van der Waals surface area contributed by atoms with Crippen LogP contribution in [0.15, 0.2) is 21.5 Å². The largest absolute Gasteiger partial charge is 0.478 e. The van der Waals surface area contributed by atoms with Crippen LogP contribution < -0.4 is 0 Å². The Morgan fingerprint density at radius 3 is 2.33 bits per heavy atom. The summed E-state index contributed by atoms with van der Waals surface area (Å²) in [6.45, 7) is 6.05. The second-order valence-electron chi connectivity index (χ2n) is 5.89. The molecule has 21 heavy (non-hydrogen) atoms. The summed E-state index contributed by atoms with van der Waals surface area (Å²) in [5.41, 5.74) is -0.477. The first kappa shape index (κ1) is 18.4. The molecular weight excluding hydrogens is 382 g/mol. The van der Waals surface area contributed by atoms with Gasteiger partial charge in [-0.25, -0.2) is 17.5 Å². The van der Waals surface area contributed by atoms with Crippen molar-refractivity contribution in [3.63, 3.8) is 0 Å². The fourth-order valence-electron chi connectivity index (χ4n) is 1.80. The highest BCUT2D eigenvalue weighted by Crippen LogP contribution is 2.31. The van der Waals surface area contributed by atoms with E-state index in [-0.39, 0.29) is 25.4 Å². The van der Waals surface area contributed by atoms with Gasteiger partial charge in [0.15, 0.2) is 0 Å². The SMILES string of the molecule is CN(CC(C)(C)C)S(=O)(=O)c1cc(Br)c(Cl)c(C(=O)O)c1. The molecule has 1 aromatic carbocycles. The zero-order chi connectivity index (χ0) is 16.6. The van der Waals surface area contributed by atoms with Crippen molar-refractivity contribution in [2.45, 2.75) is 25.7 Å². The number of rotatable bonds is 4. The third kappa shape index (κ3) is 4.42. The van der Waals surface area contributed by atoms with Gasteiger partial charge in [0, 0.05) is 18.1 Å². The van der Waals surface area contributed by atoms with Crippen LogP contribution in [0.25, 0.3) is 0 Å². The molecule has 1 N–H and O–H groups in total. The quantitative estimate of drug-likeness (QED) is 0.842. The highest BCUT2D eigenvalue weighted by molar-refractivity contribution is 9.10. The first-order valence-corrected chi connectivity index (χ1v) is 8.66. The van der Waals surface area contributed by atoms with E-state index in [9.17, 15) is 13.2 Å². The van der Waals surface area contributed by atoms with E-state index >= 15 is 0 Å². The number of sulfonamides is 1. The molecular formula is C13H17BrClNO4S. The van der Waals surface area contributed by atoms with Crippen LogP contribution in [0.1, 0.15) is 31.1 Å². The van der Waals surface area contributed by atoms with Crippen LogP contribution in [0.3, 0.4) is 0 Å². The first-order chi connectivity index (χ1) is 9.36. The van der Waals surface area contributed by atoms with Crippen molar-refractivity contribution in [1.82, 2.24) is 4.31 Å². The molecule has 0 saturated carbocycles. The predicted molar refractivity (Wildman–Crippen MR) is 85.4 cm³/mol. The van der Waals surface area contributed by atoms with E-state index in [0.29, 0.717) is 6.54 Å². The van der Waals surface area contributed by atoms with Crippen LogP contribution in [0.2, 0.25) is 5.02 Å². The fourth-order valence-corrected chi connectivity index (χ4v) is 4.05. The maximum Gasteiger partial charge on any atom is 0.337 e. The predicted octanol–water partition coefficient (Wildman–Crippen LogP) is 3.47. The molecule has 0 atom stereocenters. The number of halogens is 2. The van der Waals surface area contributed by atoms with Crippen LogP contribution in [0.4, 0.5) is 0 Å². The van der Waals surface area contributed by atoms with Gasteiger partial charge >= 0.3 is 5.97 Å². The van der Waals surface area contributed by atoms with E-state index in [1.807, 2.05) is 20.8 Å². The van der Waals surface area contributed by atoms with Crippen molar-refractivity contribution in [2.75, 3.05) is 13.6 Å². The van der Waals surface area contributed by atoms with Crippen molar-refractivity contribution >= 4 is 43.5 Å². The molecule has 118 valence electrons. The Bertz CT molecular complexity index is 667. The Kier molecular flexibility index (Phi) is 5.47. The second kappa shape index (κ2) is 6.24. The van der Waals surface area contributed by atoms with Crippen molar-refractivity contribution in [2.24, 2.45) is 5.41 Å². The summed E-state index contributed by atoms with van der Waals surface area (Å²) in [5, 5.41) is 9.06. The minimum atomic E-state index is -3.79. The zero-order valence-corrected chi connectivity index (χ0v) is 15.3. The Balaban J connectivity index is 3.36. The van der Waals surface area contributed by atoms with Gasteiger partial charge in [0.1, 0.15) is 0 Å². The minimum Gasteiger partial charge on any atom is -0.478 e. The van der Waals surface area contributed by atoms with Gasteiger partial charge in [-0.2, -0.15) is 0 Å². The standard InChI is InChI=1S/C13H17BrClNO4S/c1-13(2,3)7-16(4)21(19,20)8-5-9(12(17)18)11(15)10(14)6-8/h5-6H,7H2,1-4H3,(H,17,18). The molecule has 0 bridgehead atoms. The maximum absolute atomic E-state index is 12.5. The molecule has 0 aliphatic carbocycles. The van der Waals surface area contributed by atoms with Crippen LogP contribution in [0, 0.1) is 5.41 Å². The van der Waals surface area contributed by atoms with Crippen LogP contribution >= 0.6 is 27.5 Å². The van der Waals surface area contributed by atoms with E-state index in [0.717, 1.165) is 6.07 Å². The number of benzene rings is 1. The Morgan fingerprint density at radius 2 is 1.90 bits per heavy atom. The molecule has 0 spiro atoms. The second-order valence-corrected chi connectivity index (χ2v) is 9.17. The Labute approximate surface area is 138 Å². The summed E-state index contributed by atoms with van der Waals surface area (Å²) in [6.07, 6.45) is 0. The van der Waals surface area contributed by atoms with Crippen LogP contribution in [-0.4, -0.2) is 37.4 Å². The van der Waals surface area contributed by atoms with Gasteiger partial charge in [0.25, 0.3) is 0 Å². The van der Waals surface area contributed by atoms with E-state index < -0.39 is 16.0 Å². The number of hydrogen-bond acceptors (Lipinski definition) is 3. The summed E-state index contributed by atoms with van der Waals surface area (Å²) in [5.74, 6) is -1.28. The third-order valence-electron chi connectivity index (χ3n) is 2.64. The van der Waals surface area contributed by atoms with E-state index in [1.54, 1.807) is 0 Å². The molecule has 0 fully saturated rings. The molecule has 0 aliphatic rings. The molecule has 1 rings (SSSR count). The summed E-state index contributed by atoms with van der Waals surface area (Å²) < 4.78 is 26.5. The van der Waals surface area contributed by atoms with Crippen LogP contribution in [-0.2, 0) is 10.0 Å². The number of carboxylic acids is 1. The lowest BCUT2D eigenvalue weighted by atomic mass is 9.97. The highest BCUT2D eigenvalue weighted by Gasteiger charge is 2.27. The van der Waals surface area contributed by atoms with Gasteiger partial charge in [-0.1, -0.05) is 32.4 Å². The smallest absolute Gasteiger partial charge is 0.337 e. The number of nitrogens with zero attached hydrogens (tertiary/aromatic N) is 1. The van der Waals surface area contributed by atoms with Crippen molar-refractivity contribution in [1.29, 1.82) is 0 Å². The molecule has 0 heterocycles. The number of hydrogen-bond donors (Lipinski definition) is 1. The maximum atomic E-state index is 12.5. The van der Waals surface area contributed by atoms with Crippen molar-refractivity contribution < 1.29 is 18.3 Å². The molecule has 5 nitrogen and oxygen atoms in total. The van der Waals surface area contributed by atoms with Crippen molar-refractivity contribution in [3.05, 3.63) is 27.2 Å². The third-order valence-corrected chi connectivity index (χ3v) is 5.68. The number of carboxylic acid groups (broad SMARTS) is 1. The topological polar surface area (TPSA) is 74.7 Å². The Morgan fingerprint density at radius 1 is 1.38 bits per heavy atom. The average molecular weight is 399 g/mol. The molecule has 8 heteroatoms. The lowest BCUT2D eigenvalue weighted by Gasteiger charge is -2.26. The first-order valence-electron chi connectivity index (χ1n) is 6.05. The van der Waals surface area contributed by atoms with Gasteiger partial charge < -0.3 is 5.11 Å². The summed E-state index contributed by atoms with van der Waals surface area (Å²) in [4.78, 5) is 11.0. The summed E-state index contributed by atoms with van der Waals surface area (Å²) in [7, 11) is -2.32. The Hall–Kier alpha value is -0.630. The zero-order valence-electron chi connectivity index (χ0n) is 12.1. The van der Waals surface area contributed by atoms with Gasteiger partial charge in [-0.05, 0) is 33.5 Å². The van der Waals surface area contributed by atoms with Gasteiger partial charge in [0.2, 0.25) is 10.0 Å². The monoisotopic (exact) mass is 397 g/mol.